The second-order valence-electron chi connectivity index (χ2n) is 18.1. The summed E-state index contributed by atoms with van der Waals surface area (Å²) in [6.07, 6.45) is 0. The smallest absolute Gasteiger partial charge is 0.0622 e. The van der Waals surface area contributed by atoms with Crippen LogP contribution >= 0.6 is 0 Å². The summed E-state index contributed by atoms with van der Waals surface area (Å²) >= 11 is 0. The fraction of sp³-hybridized carbons (Fsp3) is 0.0303. The quantitative estimate of drug-likeness (QED) is 0.152. The highest BCUT2D eigenvalue weighted by molar-refractivity contribution is 6.32. The van der Waals surface area contributed by atoms with E-state index in [4.69, 9.17) is 0 Å². The van der Waals surface area contributed by atoms with Gasteiger partial charge in [-0.25, -0.2) is 0 Å². The summed E-state index contributed by atoms with van der Waals surface area (Å²) in [4.78, 5) is 0. The number of rotatable bonds is 5. The van der Waals surface area contributed by atoms with Crippen LogP contribution in [0.25, 0.3) is 76.5 Å². The van der Waals surface area contributed by atoms with Crippen molar-refractivity contribution < 1.29 is 0 Å². The average Bonchev–Trinajstić information content (AvgIpc) is 3.40. The predicted octanol–water partition coefficient (Wildman–Crippen LogP) is 16.7. The minimum atomic E-state index is -0.567. The van der Waals surface area contributed by atoms with Crippen LogP contribution in [0.1, 0.15) is 44.5 Å². The second kappa shape index (κ2) is 14.1. The van der Waals surface area contributed by atoms with Gasteiger partial charge in [-0.3, -0.25) is 0 Å². The Morgan fingerprint density at radius 1 is 0.182 bits per heavy atom. The molecule has 12 aromatic carbocycles. The molecule has 2 aliphatic rings. The first-order valence-corrected chi connectivity index (χ1v) is 23.2. The van der Waals surface area contributed by atoms with Gasteiger partial charge in [0.25, 0.3) is 0 Å². The largest absolute Gasteiger partial charge is 0.0713 e. The van der Waals surface area contributed by atoms with Gasteiger partial charge >= 0.3 is 0 Å². The highest BCUT2D eigenvalue weighted by atomic mass is 14.5. The van der Waals surface area contributed by atoms with Gasteiger partial charge in [-0.1, -0.05) is 255 Å². The third-order valence-corrected chi connectivity index (χ3v) is 15.2. The second-order valence-corrected chi connectivity index (χ2v) is 18.1. The lowest BCUT2D eigenvalue weighted by Gasteiger charge is -2.43. The molecule has 14 rings (SSSR count). The molecule has 0 bridgehead atoms. The summed E-state index contributed by atoms with van der Waals surface area (Å²) in [5.74, 6) is 0. The molecule has 0 nitrogen and oxygen atoms in total. The summed E-state index contributed by atoms with van der Waals surface area (Å²) in [6.45, 7) is 0. The van der Waals surface area contributed by atoms with E-state index in [-0.39, 0.29) is 0 Å². The van der Waals surface area contributed by atoms with Crippen molar-refractivity contribution >= 4 is 43.1 Å². The van der Waals surface area contributed by atoms with Crippen molar-refractivity contribution in [3.63, 3.8) is 0 Å². The molecule has 2 aliphatic carbocycles. The van der Waals surface area contributed by atoms with Crippen LogP contribution in [0.4, 0.5) is 0 Å². The maximum Gasteiger partial charge on any atom is 0.0713 e. The molecule has 0 aliphatic heterocycles. The van der Waals surface area contributed by atoms with Crippen molar-refractivity contribution in [1.82, 2.24) is 0 Å². The molecular weight excluding hydrogens is 793 g/mol. The maximum absolute atomic E-state index is 2.42. The Balaban J connectivity index is 1.21. The van der Waals surface area contributed by atoms with Gasteiger partial charge in [0.1, 0.15) is 0 Å². The zero-order valence-electron chi connectivity index (χ0n) is 36.2. The molecule has 0 radical (unpaired) electrons. The van der Waals surface area contributed by atoms with Crippen LogP contribution in [0.2, 0.25) is 0 Å². The first-order valence-electron chi connectivity index (χ1n) is 23.2. The first kappa shape index (κ1) is 37.1. The molecule has 306 valence electrons. The van der Waals surface area contributed by atoms with Crippen LogP contribution in [0.3, 0.4) is 0 Å². The van der Waals surface area contributed by atoms with Crippen molar-refractivity contribution in [3.05, 3.63) is 299 Å². The van der Waals surface area contributed by atoms with Crippen LogP contribution in [-0.2, 0) is 10.8 Å². The topological polar surface area (TPSA) is 0 Å². The van der Waals surface area contributed by atoms with E-state index in [1.807, 2.05) is 0 Å². The Morgan fingerprint density at radius 3 is 0.788 bits per heavy atom. The highest BCUT2D eigenvalue weighted by Crippen LogP contribution is 2.62. The Morgan fingerprint density at radius 2 is 0.439 bits per heavy atom. The molecule has 0 saturated heterocycles. The van der Waals surface area contributed by atoms with Gasteiger partial charge in [0.05, 0.1) is 10.8 Å². The first-order chi connectivity index (χ1) is 32.8. The third-order valence-electron chi connectivity index (χ3n) is 15.2. The van der Waals surface area contributed by atoms with Crippen LogP contribution in [0.5, 0.6) is 0 Å². The number of fused-ring (bicyclic) bond motifs is 8. The molecule has 0 aromatic heterocycles. The molecule has 12 aromatic rings. The minimum absolute atomic E-state index is 0.567. The van der Waals surface area contributed by atoms with Crippen LogP contribution in [0, 0.1) is 0 Å². The third kappa shape index (κ3) is 4.73. The van der Waals surface area contributed by atoms with Crippen LogP contribution in [-0.4, -0.2) is 0 Å². The Kier molecular flexibility index (Phi) is 7.92. The molecule has 0 heteroatoms. The Bertz CT molecular complexity index is 3560. The molecule has 0 spiro atoms. The van der Waals surface area contributed by atoms with Crippen molar-refractivity contribution in [2.24, 2.45) is 0 Å². The molecule has 0 saturated carbocycles. The Labute approximate surface area is 384 Å². The lowest BCUT2D eigenvalue weighted by atomic mass is 9.58. The van der Waals surface area contributed by atoms with Gasteiger partial charge in [0, 0.05) is 0 Å². The summed E-state index contributed by atoms with van der Waals surface area (Å²) in [7, 11) is 0. The fourth-order valence-corrected chi connectivity index (χ4v) is 12.9. The lowest BCUT2D eigenvalue weighted by Crippen LogP contribution is -2.34. The summed E-state index contributed by atoms with van der Waals surface area (Å²) in [5, 5.41) is 10.2. The molecule has 0 N–H and O–H groups in total. The number of hydrogen-bond acceptors (Lipinski definition) is 0. The molecule has 66 heavy (non-hydrogen) atoms. The van der Waals surface area contributed by atoms with E-state index in [0.717, 1.165) is 0 Å². The van der Waals surface area contributed by atoms with Crippen molar-refractivity contribution in [2.45, 2.75) is 10.8 Å². The van der Waals surface area contributed by atoms with Gasteiger partial charge < -0.3 is 0 Å². The standard InChI is InChI=1S/C66H42/c1-5-23-43(24-6-1)65(44-25-7-2-8-26-44)55-39-19-17-35-51(55)59-47-31-13-15-33-49(47)61(53-37-21-41-57(65)63(53)59)62-50-34-16-14-32-48(50)60-52-36-18-20-40-56(52)66(45-27-9-3-10-28-45,46-29-11-4-12-30-46)58-42-22-38-54(62)64(58)60/h1-42H. The SMILES string of the molecule is c1ccc(C2(c3ccccc3)c3ccccc3-c3c4ccccc4c(-c4c5ccccc5c5c6c(cccc46)C(c4ccccc4)(c4ccccc4)c4ccccc4-5)c4cccc2c34)cc1. The normalized spacial score (nSPS) is 14.0. The number of hydrogen-bond donors (Lipinski definition) is 0. The maximum atomic E-state index is 2.42. The zero-order valence-corrected chi connectivity index (χ0v) is 36.2. The van der Waals surface area contributed by atoms with Crippen LogP contribution in [0.15, 0.2) is 255 Å². The fourth-order valence-electron chi connectivity index (χ4n) is 12.9. The van der Waals surface area contributed by atoms with Gasteiger partial charge in [-0.2, -0.15) is 0 Å². The van der Waals surface area contributed by atoms with Crippen molar-refractivity contribution in [3.8, 4) is 33.4 Å². The molecule has 0 amide bonds. The van der Waals surface area contributed by atoms with Gasteiger partial charge in [-0.05, 0) is 121 Å². The van der Waals surface area contributed by atoms with Crippen molar-refractivity contribution in [1.29, 1.82) is 0 Å². The molecular formula is C66H42. The van der Waals surface area contributed by atoms with Gasteiger partial charge in [-0.15, -0.1) is 0 Å². The molecule has 0 fully saturated rings. The summed E-state index contributed by atoms with van der Waals surface area (Å²) in [6, 6.07) is 96.0. The van der Waals surface area contributed by atoms with E-state index in [2.05, 4.69) is 255 Å². The van der Waals surface area contributed by atoms with E-state index < -0.39 is 10.8 Å². The average molecular weight is 835 g/mol. The molecule has 0 atom stereocenters. The monoisotopic (exact) mass is 834 g/mol. The predicted molar refractivity (Wildman–Crippen MR) is 277 cm³/mol. The van der Waals surface area contributed by atoms with E-state index in [9.17, 15) is 0 Å². The molecule has 0 heterocycles. The summed E-state index contributed by atoms with van der Waals surface area (Å²) < 4.78 is 0. The van der Waals surface area contributed by atoms with Crippen molar-refractivity contribution in [2.75, 3.05) is 0 Å². The highest BCUT2D eigenvalue weighted by Gasteiger charge is 2.47. The van der Waals surface area contributed by atoms with E-state index in [0.29, 0.717) is 0 Å². The zero-order chi connectivity index (χ0) is 43.4. The van der Waals surface area contributed by atoms with Gasteiger partial charge in [0.15, 0.2) is 0 Å². The van der Waals surface area contributed by atoms with E-state index >= 15 is 0 Å². The van der Waals surface area contributed by atoms with Crippen LogP contribution < -0.4 is 0 Å². The molecule has 0 unspecified atom stereocenters. The minimum Gasteiger partial charge on any atom is -0.0622 e. The van der Waals surface area contributed by atoms with E-state index in [1.54, 1.807) is 0 Å². The van der Waals surface area contributed by atoms with E-state index in [1.165, 1.54) is 121 Å². The lowest BCUT2D eigenvalue weighted by molar-refractivity contribution is 0.750. The Hall–Kier alpha value is -8.32. The number of benzene rings is 12. The summed E-state index contributed by atoms with van der Waals surface area (Å²) in [5.41, 5.74) is 16.9. The van der Waals surface area contributed by atoms with Gasteiger partial charge in [0.2, 0.25) is 0 Å².